The van der Waals surface area contributed by atoms with Crippen LogP contribution in [0, 0.1) is 11.3 Å². The first-order chi connectivity index (χ1) is 13.6. The summed E-state index contributed by atoms with van der Waals surface area (Å²) in [6, 6.07) is 12.4. The molecule has 1 aliphatic heterocycles. The average molecular weight is 372 g/mol. The Hall–Kier alpha value is -3.17. The van der Waals surface area contributed by atoms with Crippen LogP contribution >= 0.6 is 0 Å². The number of nitriles is 1. The van der Waals surface area contributed by atoms with E-state index < -0.39 is 0 Å². The zero-order valence-electron chi connectivity index (χ0n) is 16.3. The average Bonchev–Trinajstić information content (AvgIpc) is 3.09. The third-order valence-electron chi connectivity index (χ3n) is 5.26. The van der Waals surface area contributed by atoms with Gasteiger partial charge in [-0.3, -0.25) is 9.58 Å². The van der Waals surface area contributed by atoms with Crippen molar-refractivity contribution >= 4 is 5.82 Å². The van der Waals surface area contributed by atoms with Gasteiger partial charge in [-0.1, -0.05) is 37.3 Å². The van der Waals surface area contributed by atoms with E-state index >= 15 is 0 Å². The second-order valence-corrected chi connectivity index (χ2v) is 7.24. The molecule has 6 heteroatoms. The molecular formula is C22H24N6. The first-order valence-corrected chi connectivity index (χ1v) is 9.65. The minimum atomic E-state index is 0.308. The maximum atomic E-state index is 9.89. The summed E-state index contributed by atoms with van der Waals surface area (Å²) in [4.78, 5) is 7.00. The maximum Gasteiger partial charge on any atom is 0.142 e. The summed E-state index contributed by atoms with van der Waals surface area (Å²) in [5.41, 5.74) is 12.5. The van der Waals surface area contributed by atoms with Crippen LogP contribution in [0.4, 0.5) is 5.82 Å². The number of anilines is 1. The predicted octanol–water partition coefficient (Wildman–Crippen LogP) is 3.37. The number of nitrogen functional groups attached to an aromatic ring is 1. The Balaban J connectivity index is 1.96. The molecule has 2 N–H and O–H groups in total. The van der Waals surface area contributed by atoms with Crippen molar-refractivity contribution in [3.8, 4) is 28.5 Å². The van der Waals surface area contributed by atoms with Crippen molar-refractivity contribution in [1.82, 2.24) is 19.7 Å². The molecule has 0 saturated heterocycles. The number of rotatable bonds is 4. The molecule has 3 heterocycles. The van der Waals surface area contributed by atoms with Gasteiger partial charge in [0.15, 0.2) is 0 Å². The first kappa shape index (κ1) is 18.2. The van der Waals surface area contributed by atoms with E-state index in [0.29, 0.717) is 11.4 Å². The summed E-state index contributed by atoms with van der Waals surface area (Å²) in [6.07, 6.45) is 3.93. The molecule has 0 amide bonds. The Morgan fingerprint density at radius 3 is 2.75 bits per heavy atom. The van der Waals surface area contributed by atoms with Crippen molar-refractivity contribution in [3.63, 3.8) is 0 Å². The zero-order chi connectivity index (χ0) is 19.7. The lowest BCUT2D eigenvalue weighted by molar-refractivity contribution is 0.253. The molecule has 3 aromatic rings. The van der Waals surface area contributed by atoms with Crippen molar-refractivity contribution in [2.45, 2.75) is 26.3 Å². The molecule has 4 rings (SSSR count). The molecule has 0 unspecified atom stereocenters. The van der Waals surface area contributed by atoms with Crippen LogP contribution in [0.2, 0.25) is 0 Å². The smallest absolute Gasteiger partial charge is 0.142 e. The van der Waals surface area contributed by atoms with Gasteiger partial charge < -0.3 is 5.73 Å². The van der Waals surface area contributed by atoms with E-state index in [9.17, 15) is 5.26 Å². The summed E-state index contributed by atoms with van der Waals surface area (Å²) in [5.74, 6) is 0.308. The number of nitrogens with two attached hydrogens (primary N) is 1. The highest BCUT2D eigenvalue weighted by Gasteiger charge is 2.27. The lowest BCUT2D eigenvalue weighted by Gasteiger charge is -2.30. The third kappa shape index (κ3) is 3.14. The van der Waals surface area contributed by atoms with Gasteiger partial charge in [0.1, 0.15) is 23.1 Å². The van der Waals surface area contributed by atoms with Crippen molar-refractivity contribution in [2.75, 3.05) is 18.8 Å². The minimum Gasteiger partial charge on any atom is -0.383 e. The van der Waals surface area contributed by atoms with E-state index in [1.54, 1.807) is 4.68 Å². The fourth-order valence-corrected chi connectivity index (χ4v) is 4.03. The number of hydrogen-bond donors (Lipinski definition) is 1. The third-order valence-corrected chi connectivity index (χ3v) is 5.26. The Bertz CT molecular complexity index is 1050. The molecule has 28 heavy (non-hydrogen) atoms. The summed E-state index contributed by atoms with van der Waals surface area (Å²) in [5, 5.41) is 14.6. The number of aryl methyl sites for hydroxylation is 1. The summed E-state index contributed by atoms with van der Waals surface area (Å²) >= 11 is 0. The molecular weight excluding hydrogens is 348 g/mol. The number of pyridine rings is 1. The molecule has 6 nitrogen and oxygen atoms in total. The number of hydrogen-bond acceptors (Lipinski definition) is 5. The van der Waals surface area contributed by atoms with Gasteiger partial charge in [-0.2, -0.15) is 10.4 Å². The first-order valence-electron chi connectivity index (χ1n) is 9.65. The SMILES string of the molecule is CCCN1CCc2nc(N)c(C#N)c(-c3cn(C)nc3-c3ccccc3)c2C1. The van der Waals surface area contributed by atoms with Crippen LogP contribution in [-0.4, -0.2) is 32.8 Å². The van der Waals surface area contributed by atoms with Crippen LogP contribution in [0.15, 0.2) is 36.5 Å². The zero-order valence-corrected chi connectivity index (χ0v) is 16.3. The Labute approximate surface area is 165 Å². The van der Waals surface area contributed by atoms with E-state index in [2.05, 4.69) is 22.9 Å². The molecule has 0 saturated carbocycles. The lowest BCUT2D eigenvalue weighted by Crippen LogP contribution is -2.32. The monoisotopic (exact) mass is 372 g/mol. The molecule has 0 fully saturated rings. The van der Waals surface area contributed by atoms with Gasteiger partial charge in [0.25, 0.3) is 0 Å². The lowest BCUT2D eigenvalue weighted by atomic mass is 9.90. The molecule has 2 aromatic heterocycles. The van der Waals surface area contributed by atoms with Crippen molar-refractivity contribution in [1.29, 1.82) is 5.26 Å². The molecule has 0 bridgehead atoms. The molecule has 0 atom stereocenters. The highest BCUT2D eigenvalue weighted by atomic mass is 15.3. The number of fused-ring (bicyclic) bond motifs is 1. The predicted molar refractivity (Wildman–Crippen MR) is 110 cm³/mol. The summed E-state index contributed by atoms with van der Waals surface area (Å²) in [7, 11) is 1.91. The number of aromatic nitrogens is 3. The largest absolute Gasteiger partial charge is 0.383 e. The van der Waals surface area contributed by atoms with Gasteiger partial charge in [0.2, 0.25) is 0 Å². The van der Waals surface area contributed by atoms with Crippen molar-refractivity contribution in [3.05, 3.63) is 53.3 Å². The van der Waals surface area contributed by atoms with E-state index in [4.69, 9.17) is 10.8 Å². The van der Waals surface area contributed by atoms with E-state index in [1.807, 2.05) is 43.6 Å². The number of benzene rings is 1. The fourth-order valence-electron chi connectivity index (χ4n) is 4.03. The van der Waals surface area contributed by atoms with Crippen LogP contribution in [-0.2, 0) is 20.0 Å². The normalized spacial score (nSPS) is 13.9. The Morgan fingerprint density at radius 2 is 2.04 bits per heavy atom. The minimum absolute atomic E-state index is 0.308. The van der Waals surface area contributed by atoms with Crippen LogP contribution < -0.4 is 5.73 Å². The maximum absolute atomic E-state index is 9.89. The van der Waals surface area contributed by atoms with Gasteiger partial charge in [-0.15, -0.1) is 0 Å². The summed E-state index contributed by atoms with van der Waals surface area (Å²) < 4.78 is 1.80. The second-order valence-electron chi connectivity index (χ2n) is 7.24. The Morgan fingerprint density at radius 1 is 1.25 bits per heavy atom. The fraction of sp³-hybridized carbons (Fsp3) is 0.318. The molecule has 1 aromatic carbocycles. The molecule has 142 valence electrons. The topological polar surface area (TPSA) is 83.8 Å². The Kier molecular flexibility index (Phi) is 4.84. The highest BCUT2D eigenvalue weighted by Crippen LogP contribution is 2.39. The summed E-state index contributed by atoms with van der Waals surface area (Å²) in [6.45, 7) is 4.97. The second kappa shape index (κ2) is 7.45. The standard InChI is InChI=1S/C22H24N6/c1-3-10-28-11-9-19-17(14-28)20(16(12-23)22(24)25-19)18-13-27(2)26-21(18)15-7-5-4-6-8-15/h4-8,13H,3,9-11,14H2,1-2H3,(H2,24,25). The van der Waals surface area contributed by atoms with Crippen LogP contribution in [0.25, 0.3) is 22.4 Å². The van der Waals surface area contributed by atoms with E-state index in [0.717, 1.165) is 66.1 Å². The number of nitrogens with zero attached hydrogens (tertiary/aromatic N) is 5. The highest BCUT2D eigenvalue weighted by molar-refractivity contribution is 5.87. The van der Waals surface area contributed by atoms with E-state index in [-0.39, 0.29) is 0 Å². The molecule has 0 spiro atoms. The van der Waals surface area contributed by atoms with Crippen LogP contribution in [0.1, 0.15) is 30.2 Å². The molecule has 1 aliphatic rings. The van der Waals surface area contributed by atoms with E-state index in [1.165, 1.54) is 0 Å². The van der Waals surface area contributed by atoms with Crippen molar-refractivity contribution < 1.29 is 0 Å². The van der Waals surface area contributed by atoms with Crippen LogP contribution in [0.5, 0.6) is 0 Å². The van der Waals surface area contributed by atoms with Gasteiger partial charge in [-0.05, 0) is 18.5 Å². The van der Waals surface area contributed by atoms with Gasteiger partial charge in [-0.25, -0.2) is 4.98 Å². The van der Waals surface area contributed by atoms with Gasteiger partial charge >= 0.3 is 0 Å². The molecule has 0 radical (unpaired) electrons. The quantitative estimate of drug-likeness (QED) is 0.759. The van der Waals surface area contributed by atoms with Gasteiger partial charge in [0.05, 0.1) is 0 Å². The van der Waals surface area contributed by atoms with Crippen molar-refractivity contribution in [2.24, 2.45) is 7.05 Å². The molecule has 0 aliphatic carbocycles. The van der Waals surface area contributed by atoms with Crippen LogP contribution in [0.3, 0.4) is 0 Å². The van der Waals surface area contributed by atoms with Gasteiger partial charge in [0, 0.05) is 55.1 Å².